The lowest BCUT2D eigenvalue weighted by molar-refractivity contribution is 0.579. The van der Waals surface area contributed by atoms with Gasteiger partial charge in [0.15, 0.2) is 0 Å². The highest BCUT2D eigenvalue weighted by atomic mass is 32.2. The van der Waals surface area contributed by atoms with Gasteiger partial charge in [-0.15, -0.1) is 0 Å². The van der Waals surface area contributed by atoms with Crippen LogP contribution in [0, 0.1) is 5.82 Å². The van der Waals surface area contributed by atoms with Gasteiger partial charge in [0.2, 0.25) is 10.0 Å². The van der Waals surface area contributed by atoms with Crippen LogP contribution in [0.2, 0.25) is 0 Å². The van der Waals surface area contributed by atoms with Crippen molar-refractivity contribution in [1.82, 2.24) is 0 Å². The highest BCUT2D eigenvalue weighted by molar-refractivity contribution is 7.89. The molecule has 0 aliphatic carbocycles. The molecular formula is C21H18FN3O2S. The molecule has 0 bridgehead atoms. The predicted octanol–water partition coefficient (Wildman–Crippen LogP) is 3.83. The van der Waals surface area contributed by atoms with Gasteiger partial charge in [0.05, 0.1) is 22.3 Å². The van der Waals surface area contributed by atoms with Gasteiger partial charge < -0.3 is 0 Å². The van der Waals surface area contributed by atoms with E-state index in [0.29, 0.717) is 17.7 Å². The van der Waals surface area contributed by atoms with Crippen LogP contribution in [0.3, 0.4) is 0 Å². The molecule has 0 saturated carbocycles. The molecule has 5 nitrogen and oxygen atoms in total. The van der Waals surface area contributed by atoms with Gasteiger partial charge in [-0.3, -0.25) is 5.01 Å². The first-order chi connectivity index (χ1) is 13.4. The van der Waals surface area contributed by atoms with Crippen molar-refractivity contribution >= 4 is 21.4 Å². The fourth-order valence-electron chi connectivity index (χ4n) is 3.33. The third kappa shape index (κ3) is 3.54. The second-order valence-corrected chi connectivity index (χ2v) is 8.10. The second kappa shape index (κ2) is 7.18. The van der Waals surface area contributed by atoms with Crippen LogP contribution in [0.4, 0.5) is 10.1 Å². The Labute approximate surface area is 163 Å². The summed E-state index contributed by atoms with van der Waals surface area (Å²) in [6.07, 6.45) is 0.530. The Morgan fingerprint density at radius 3 is 2.21 bits per heavy atom. The van der Waals surface area contributed by atoms with Gasteiger partial charge >= 0.3 is 0 Å². The zero-order valence-electron chi connectivity index (χ0n) is 14.9. The molecule has 1 aliphatic heterocycles. The van der Waals surface area contributed by atoms with E-state index >= 15 is 0 Å². The van der Waals surface area contributed by atoms with Crippen molar-refractivity contribution in [2.24, 2.45) is 10.2 Å². The smallest absolute Gasteiger partial charge is 0.238 e. The van der Waals surface area contributed by atoms with Crippen molar-refractivity contribution in [2.75, 3.05) is 5.01 Å². The summed E-state index contributed by atoms with van der Waals surface area (Å²) in [6, 6.07) is 22.1. The minimum atomic E-state index is -3.78. The highest BCUT2D eigenvalue weighted by Crippen LogP contribution is 2.37. The Morgan fingerprint density at radius 1 is 0.929 bits per heavy atom. The van der Waals surface area contributed by atoms with E-state index < -0.39 is 10.0 Å². The summed E-state index contributed by atoms with van der Waals surface area (Å²) in [7, 11) is -3.78. The largest absolute Gasteiger partial charge is 0.257 e. The monoisotopic (exact) mass is 395 g/mol. The Kier molecular flexibility index (Phi) is 4.70. The molecule has 3 aromatic rings. The number of sulfonamides is 1. The van der Waals surface area contributed by atoms with Crippen LogP contribution in [0.15, 0.2) is 88.9 Å². The zero-order chi connectivity index (χ0) is 19.7. The number of rotatable bonds is 4. The third-order valence-corrected chi connectivity index (χ3v) is 5.64. The van der Waals surface area contributed by atoms with Gasteiger partial charge in [-0.2, -0.15) is 5.10 Å². The average Bonchev–Trinajstić information content (AvgIpc) is 3.14. The quantitative estimate of drug-likeness (QED) is 0.729. The number of halogens is 1. The fourth-order valence-corrected chi connectivity index (χ4v) is 3.85. The number of nitrogens with zero attached hydrogens (tertiary/aromatic N) is 2. The molecule has 1 heterocycles. The molecule has 142 valence electrons. The summed E-state index contributed by atoms with van der Waals surface area (Å²) in [5.41, 5.74) is 3.00. The van der Waals surface area contributed by atoms with E-state index in [1.807, 2.05) is 30.3 Å². The maximum Gasteiger partial charge on any atom is 0.238 e. The summed E-state index contributed by atoms with van der Waals surface area (Å²) in [5.74, 6) is -0.303. The van der Waals surface area contributed by atoms with Crippen LogP contribution < -0.4 is 10.1 Å². The topological polar surface area (TPSA) is 75.8 Å². The molecule has 4 rings (SSSR count). The van der Waals surface area contributed by atoms with Gasteiger partial charge in [-0.25, -0.2) is 17.9 Å². The summed E-state index contributed by atoms with van der Waals surface area (Å²) >= 11 is 0. The van der Waals surface area contributed by atoms with E-state index in [0.717, 1.165) is 11.3 Å². The molecule has 0 amide bonds. The molecular weight excluding hydrogens is 377 g/mol. The number of hydrogen-bond donors (Lipinski definition) is 1. The molecule has 0 fully saturated rings. The van der Waals surface area contributed by atoms with Gasteiger partial charge in [0, 0.05) is 12.0 Å². The Balaban J connectivity index is 1.77. The molecule has 1 aliphatic rings. The van der Waals surface area contributed by atoms with Crippen molar-refractivity contribution in [3.63, 3.8) is 0 Å². The van der Waals surface area contributed by atoms with E-state index in [9.17, 15) is 12.8 Å². The number of hydrogen-bond acceptors (Lipinski definition) is 4. The lowest BCUT2D eigenvalue weighted by atomic mass is 9.98. The Morgan fingerprint density at radius 2 is 1.57 bits per heavy atom. The Hall–Kier alpha value is -3.03. The van der Waals surface area contributed by atoms with Crippen molar-refractivity contribution < 1.29 is 12.8 Å². The van der Waals surface area contributed by atoms with Crippen molar-refractivity contribution in [3.8, 4) is 0 Å². The number of nitrogens with two attached hydrogens (primary N) is 1. The maximum absolute atomic E-state index is 14.5. The first-order valence-corrected chi connectivity index (χ1v) is 10.3. The van der Waals surface area contributed by atoms with Crippen LogP contribution in [0.5, 0.6) is 0 Å². The highest BCUT2D eigenvalue weighted by Gasteiger charge is 2.31. The second-order valence-electron chi connectivity index (χ2n) is 6.54. The third-order valence-electron chi connectivity index (χ3n) is 4.71. The lowest BCUT2D eigenvalue weighted by Gasteiger charge is -2.24. The summed E-state index contributed by atoms with van der Waals surface area (Å²) in [4.78, 5) is 0.0187. The Bertz CT molecular complexity index is 1130. The minimum absolute atomic E-state index is 0.0187. The SMILES string of the molecule is NS(=O)(=O)c1ccc(N2N=C(c3ccccc3)CC2c2ccccc2F)cc1. The molecule has 28 heavy (non-hydrogen) atoms. The van der Waals surface area contributed by atoms with E-state index in [4.69, 9.17) is 10.2 Å². The van der Waals surface area contributed by atoms with E-state index in [-0.39, 0.29) is 16.8 Å². The molecule has 3 aromatic carbocycles. The van der Waals surface area contributed by atoms with Crippen LogP contribution >= 0.6 is 0 Å². The first kappa shape index (κ1) is 18.3. The van der Waals surface area contributed by atoms with Gasteiger partial charge in [-0.05, 0) is 35.9 Å². The molecule has 7 heteroatoms. The van der Waals surface area contributed by atoms with E-state index in [1.54, 1.807) is 35.3 Å². The van der Waals surface area contributed by atoms with E-state index in [2.05, 4.69) is 0 Å². The average molecular weight is 395 g/mol. The molecule has 1 atom stereocenters. The number of primary sulfonamides is 1. The molecule has 0 spiro atoms. The fraction of sp³-hybridized carbons (Fsp3) is 0.0952. The first-order valence-electron chi connectivity index (χ1n) is 8.73. The van der Waals surface area contributed by atoms with Crippen molar-refractivity contribution in [3.05, 3.63) is 95.8 Å². The van der Waals surface area contributed by atoms with Crippen LogP contribution in [-0.4, -0.2) is 14.1 Å². The standard InChI is InChI=1S/C21H18FN3O2S/c22-19-9-5-4-8-18(19)21-14-20(15-6-2-1-3-7-15)24-25(21)16-10-12-17(13-11-16)28(23,26)27/h1-13,21H,14H2,(H2,23,26,27). The maximum atomic E-state index is 14.5. The van der Waals surface area contributed by atoms with Gasteiger partial charge in [0.1, 0.15) is 5.82 Å². The number of benzene rings is 3. The molecule has 0 radical (unpaired) electrons. The van der Waals surface area contributed by atoms with Gasteiger partial charge in [0.25, 0.3) is 0 Å². The summed E-state index contributed by atoms with van der Waals surface area (Å²) in [5, 5.41) is 11.6. The summed E-state index contributed by atoms with van der Waals surface area (Å²) in [6.45, 7) is 0. The molecule has 0 saturated heterocycles. The van der Waals surface area contributed by atoms with Gasteiger partial charge in [-0.1, -0.05) is 48.5 Å². The minimum Gasteiger partial charge on any atom is -0.257 e. The lowest BCUT2D eigenvalue weighted by Crippen LogP contribution is -2.20. The van der Waals surface area contributed by atoms with Crippen LogP contribution in [-0.2, 0) is 10.0 Å². The molecule has 0 aromatic heterocycles. The van der Waals surface area contributed by atoms with Crippen molar-refractivity contribution in [2.45, 2.75) is 17.4 Å². The van der Waals surface area contributed by atoms with Crippen LogP contribution in [0.25, 0.3) is 0 Å². The number of anilines is 1. The van der Waals surface area contributed by atoms with E-state index in [1.165, 1.54) is 18.2 Å². The normalized spacial score (nSPS) is 16.9. The zero-order valence-corrected chi connectivity index (χ0v) is 15.7. The molecule has 1 unspecified atom stereocenters. The van der Waals surface area contributed by atoms with Crippen LogP contribution in [0.1, 0.15) is 23.6 Å². The summed E-state index contributed by atoms with van der Waals surface area (Å²) < 4.78 is 37.5. The van der Waals surface area contributed by atoms with Crippen molar-refractivity contribution in [1.29, 1.82) is 0 Å². The predicted molar refractivity (Wildman–Crippen MR) is 107 cm³/mol. The number of hydrazone groups is 1. The molecule has 2 N–H and O–H groups in total.